The van der Waals surface area contributed by atoms with E-state index in [0.29, 0.717) is 0 Å². The number of rotatable bonds is 3. The van der Waals surface area contributed by atoms with Gasteiger partial charge < -0.3 is 4.98 Å². The molecule has 0 aliphatic rings. The Balaban J connectivity index is 1.94. The highest BCUT2D eigenvalue weighted by Gasteiger charge is 2.21. The fourth-order valence-corrected chi connectivity index (χ4v) is 4.17. The molecule has 2 aromatic heterocycles. The van der Waals surface area contributed by atoms with Crippen molar-refractivity contribution in [2.24, 2.45) is 0 Å². The largest absolute Gasteiger partial charge is 0.361 e. The monoisotopic (exact) mass is 323 g/mol. The fourth-order valence-electron chi connectivity index (χ4n) is 2.96. The predicted octanol–water partition coefficient (Wildman–Crippen LogP) is 6.06. The lowest BCUT2D eigenvalue weighted by Crippen LogP contribution is -2.00. The van der Waals surface area contributed by atoms with E-state index in [-0.39, 0.29) is 5.92 Å². The van der Waals surface area contributed by atoms with Gasteiger partial charge in [0.1, 0.15) is 0 Å². The lowest BCUT2D eigenvalue weighted by Gasteiger charge is -2.15. The Bertz CT molecular complexity index is 907. The van der Waals surface area contributed by atoms with Gasteiger partial charge in [-0.3, -0.25) is 0 Å². The Morgan fingerprint density at radius 2 is 1.64 bits per heavy atom. The Morgan fingerprint density at radius 1 is 0.864 bits per heavy atom. The number of hydrogen-bond donors (Lipinski definition) is 1. The second-order valence-corrected chi connectivity index (χ2v) is 7.02. The van der Waals surface area contributed by atoms with Crippen LogP contribution >= 0.6 is 22.9 Å². The lowest BCUT2D eigenvalue weighted by molar-refractivity contribution is 1.02. The number of fused-ring (bicyclic) bond motifs is 1. The first-order valence-electron chi connectivity index (χ1n) is 7.19. The standard InChI is InChI=1S/C19H14ClNS/c20-18-11-10-17(22-18)19(13-6-2-1-3-7-13)15-12-21-16-9-5-4-8-14(15)16/h1-12,19,21H/t19-/m1/s1. The van der Waals surface area contributed by atoms with Gasteiger partial charge in [0.25, 0.3) is 0 Å². The second kappa shape index (κ2) is 5.64. The molecule has 1 N–H and O–H groups in total. The average Bonchev–Trinajstić information content (AvgIpc) is 3.16. The summed E-state index contributed by atoms with van der Waals surface area (Å²) < 4.78 is 0.829. The molecular formula is C19H14ClNS. The molecular weight excluding hydrogens is 310 g/mol. The highest BCUT2D eigenvalue weighted by molar-refractivity contribution is 7.16. The van der Waals surface area contributed by atoms with Gasteiger partial charge >= 0.3 is 0 Å². The van der Waals surface area contributed by atoms with Crippen molar-refractivity contribution in [2.45, 2.75) is 5.92 Å². The normalized spacial score (nSPS) is 12.6. The molecule has 2 heterocycles. The highest BCUT2D eigenvalue weighted by atomic mass is 35.5. The van der Waals surface area contributed by atoms with E-state index in [9.17, 15) is 0 Å². The number of para-hydroxylation sites is 1. The zero-order valence-corrected chi connectivity index (χ0v) is 13.4. The van der Waals surface area contributed by atoms with Crippen LogP contribution in [-0.2, 0) is 0 Å². The van der Waals surface area contributed by atoms with Gasteiger partial charge in [0.15, 0.2) is 0 Å². The number of nitrogens with one attached hydrogen (secondary N) is 1. The van der Waals surface area contributed by atoms with Gasteiger partial charge in [-0.15, -0.1) is 11.3 Å². The van der Waals surface area contributed by atoms with Crippen molar-refractivity contribution in [2.75, 3.05) is 0 Å². The number of aromatic nitrogens is 1. The van der Waals surface area contributed by atoms with E-state index in [4.69, 9.17) is 11.6 Å². The number of aromatic amines is 1. The van der Waals surface area contributed by atoms with Crippen molar-refractivity contribution in [3.8, 4) is 0 Å². The maximum atomic E-state index is 6.18. The molecule has 0 saturated carbocycles. The predicted molar refractivity (Wildman–Crippen MR) is 95.0 cm³/mol. The van der Waals surface area contributed by atoms with Gasteiger partial charge in [0.05, 0.1) is 4.34 Å². The van der Waals surface area contributed by atoms with E-state index >= 15 is 0 Å². The first-order chi connectivity index (χ1) is 10.8. The topological polar surface area (TPSA) is 15.8 Å². The summed E-state index contributed by atoms with van der Waals surface area (Å²) in [6.45, 7) is 0. The first-order valence-corrected chi connectivity index (χ1v) is 8.38. The van der Waals surface area contributed by atoms with Crippen molar-refractivity contribution >= 4 is 33.8 Å². The molecule has 108 valence electrons. The zero-order chi connectivity index (χ0) is 14.9. The maximum Gasteiger partial charge on any atom is 0.0931 e. The summed E-state index contributed by atoms with van der Waals surface area (Å²) in [6.07, 6.45) is 2.12. The summed E-state index contributed by atoms with van der Waals surface area (Å²) in [6, 6.07) is 23.1. The van der Waals surface area contributed by atoms with Gasteiger partial charge in [-0.2, -0.15) is 0 Å². The summed E-state index contributed by atoms with van der Waals surface area (Å²) in [5.74, 6) is 0.204. The SMILES string of the molecule is Clc1ccc([C@H](c2ccccc2)c2c[nH]c3ccccc23)s1. The molecule has 4 rings (SSSR count). The smallest absolute Gasteiger partial charge is 0.0931 e. The minimum absolute atomic E-state index is 0.204. The van der Waals surface area contributed by atoms with Crippen LogP contribution in [0.2, 0.25) is 4.34 Å². The molecule has 4 aromatic rings. The number of halogens is 1. The van der Waals surface area contributed by atoms with Crippen LogP contribution in [0.1, 0.15) is 21.9 Å². The van der Waals surface area contributed by atoms with Crippen LogP contribution in [-0.4, -0.2) is 4.98 Å². The molecule has 0 aliphatic carbocycles. The molecule has 0 fully saturated rings. The van der Waals surface area contributed by atoms with Gasteiger partial charge in [-0.05, 0) is 29.3 Å². The van der Waals surface area contributed by atoms with Crippen LogP contribution in [0, 0.1) is 0 Å². The molecule has 0 saturated heterocycles. The summed E-state index contributed by atoms with van der Waals surface area (Å²) >= 11 is 7.83. The Morgan fingerprint density at radius 3 is 2.41 bits per heavy atom. The van der Waals surface area contributed by atoms with E-state index in [1.165, 1.54) is 26.9 Å². The lowest BCUT2D eigenvalue weighted by atomic mass is 9.90. The van der Waals surface area contributed by atoms with Crippen LogP contribution in [0.4, 0.5) is 0 Å². The van der Waals surface area contributed by atoms with Crippen molar-refractivity contribution < 1.29 is 0 Å². The molecule has 3 heteroatoms. The summed E-state index contributed by atoms with van der Waals surface area (Å²) in [4.78, 5) is 4.65. The van der Waals surface area contributed by atoms with E-state index in [1.54, 1.807) is 11.3 Å². The molecule has 0 aliphatic heterocycles. The third-order valence-electron chi connectivity index (χ3n) is 3.94. The van der Waals surface area contributed by atoms with E-state index < -0.39 is 0 Å². The molecule has 0 spiro atoms. The van der Waals surface area contributed by atoms with Crippen molar-refractivity contribution in [3.05, 3.63) is 93.3 Å². The Labute approximate surface area is 138 Å². The second-order valence-electron chi connectivity index (χ2n) is 5.28. The van der Waals surface area contributed by atoms with E-state index in [0.717, 1.165) is 4.34 Å². The van der Waals surface area contributed by atoms with E-state index in [2.05, 4.69) is 71.8 Å². The van der Waals surface area contributed by atoms with E-state index in [1.807, 2.05) is 6.07 Å². The van der Waals surface area contributed by atoms with Gasteiger partial charge in [-0.25, -0.2) is 0 Å². The Hall–Kier alpha value is -2.03. The van der Waals surface area contributed by atoms with Crippen molar-refractivity contribution in [3.63, 3.8) is 0 Å². The van der Waals surface area contributed by atoms with Gasteiger partial charge in [-0.1, -0.05) is 60.1 Å². The first kappa shape index (κ1) is 13.6. The molecule has 22 heavy (non-hydrogen) atoms. The number of thiophene rings is 1. The minimum atomic E-state index is 0.204. The molecule has 1 nitrogen and oxygen atoms in total. The molecule has 1 atom stereocenters. The van der Waals surface area contributed by atoms with Crippen molar-refractivity contribution in [1.82, 2.24) is 4.98 Å². The number of benzene rings is 2. The molecule has 2 aromatic carbocycles. The third-order valence-corrected chi connectivity index (χ3v) is 5.24. The summed E-state index contributed by atoms with van der Waals surface area (Å²) in [7, 11) is 0. The summed E-state index contributed by atoms with van der Waals surface area (Å²) in [5.41, 5.74) is 3.74. The maximum absolute atomic E-state index is 6.18. The average molecular weight is 324 g/mol. The van der Waals surface area contributed by atoms with Crippen LogP contribution in [0.3, 0.4) is 0 Å². The fraction of sp³-hybridized carbons (Fsp3) is 0.0526. The van der Waals surface area contributed by atoms with Crippen LogP contribution in [0.25, 0.3) is 10.9 Å². The Kier molecular flexibility index (Phi) is 3.49. The third kappa shape index (κ3) is 2.35. The van der Waals surface area contributed by atoms with Crippen LogP contribution in [0.5, 0.6) is 0 Å². The minimum Gasteiger partial charge on any atom is -0.361 e. The van der Waals surface area contributed by atoms with Gasteiger partial charge in [0.2, 0.25) is 0 Å². The highest BCUT2D eigenvalue weighted by Crippen LogP contribution is 2.40. The zero-order valence-electron chi connectivity index (χ0n) is 11.8. The molecule has 0 amide bonds. The molecule has 0 unspecified atom stereocenters. The van der Waals surface area contributed by atoms with Crippen LogP contribution < -0.4 is 0 Å². The number of hydrogen-bond acceptors (Lipinski definition) is 1. The summed E-state index contributed by atoms with van der Waals surface area (Å²) in [5, 5.41) is 1.26. The molecule has 0 bridgehead atoms. The van der Waals surface area contributed by atoms with Crippen LogP contribution in [0.15, 0.2) is 72.9 Å². The number of H-pyrrole nitrogens is 1. The quantitative estimate of drug-likeness (QED) is 0.471. The van der Waals surface area contributed by atoms with Gasteiger partial charge in [0, 0.05) is 27.9 Å². The van der Waals surface area contributed by atoms with Crippen molar-refractivity contribution in [1.29, 1.82) is 0 Å². The molecule has 0 radical (unpaired) electrons.